The summed E-state index contributed by atoms with van der Waals surface area (Å²) in [6, 6.07) is 5.47. The third-order valence-electron chi connectivity index (χ3n) is 3.72. The molecule has 0 saturated carbocycles. The molecule has 2 N–H and O–H groups in total. The second-order valence-electron chi connectivity index (χ2n) is 5.17. The molecule has 3 aromatic rings. The van der Waals surface area contributed by atoms with Crippen molar-refractivity contribution in [1.29, 1.82) is 0 Å². The van der Waals surface area contributed by atoms with Gasteiger partial charge in [-0.1, -0.05) is 11.6 Å². The van der Waals surface area contributed by atoms with Crippen molar-refractivity contribution in [3.63, 3.8) is 0 Å². The molecule has 0 atom stereocenters. The highest BCUT2D eigenvalue weighted by atomic mass is 35.5. The van der Waals surface area contributed by atoms with Gasteiger partial charge in [-0.3, -0.25) is 10.1 Å². The summed E-state index contributed by atoms with van der Waals surface area (Å²) in [5.74, 6) is 0.711. The summed E-state index contributed by atoms with van der Waals surface area (Å²) >= 11 is 5.95. The Kier molecular flexibility index (Phi) is 3.40. The molecule has 1 aliphatic rings. The smallest absolute Gasteiger partial charge is 0.145 e. The molecule has 0 radical (unpaired) electrons. The van der Waals surface area contributed by atoms with Crippen LogP contribution in [0.2, 0.25) is 5.02 Å². The molecular formula is C15H14ClN5O. The molecule has 0 bridgehead atoms. The highest BCUT2D eigenvalue weighted by Crippen LogP contribution is 2.20. The number of aromatic amines is 1. The van der Waals surface area contributed by atoms with Gasteiger partial charge in [-0.15, -0.1) is 0 Å². The van der Waals surface area contributed by atoms with Crippen molar-refractivity contribution >= 4 is 28.5 Å². The number of nitrogens with zero attached hydrogens (tertiary/aromatic N) is 3. The van der Waals surface area contributed by atoms with Crippen molar-refractivity contribution in [1.82, 2.24) is 20.2 Å². The van der Waals surface area contributed by atoms with Gasteiger partial charge in [0.05, 0.1) is 42.7 Å². The first-order chi connectivity index (χ1) is 10.8. The lowest BCUT2D eigenvalue weighted by Gasteiger charge is -2.12. The Balaban J connectivity index is 1.54. The van der Waals surface area contributed by atoms with E-state index in [2.05, 4.69) is 25.5 Å². The molecule has 7 heteroatoms. The summed E-state index contributed by atoms with van der Waals surface area (Å²) in [6.07, 6.45) is 2.59. The third-order valence-corrected chi connectivity index (χ3v) is 3.96. The van der Waals surface area contributed by atoms with Crippen LogP contribution in [-0.4, -0.2) is 26.8 Å². The van der Waals surface area contributed by atoms with Gasteiger partial charge in [-0.05, 0) is 18.2 Å². The van der Waals surface area contributed by atoms with E-state index in [4.69, 9.17) is 16.3 Å². The van der Waals surface area contributed by atoms with E-state index in [-0.39, 0.29) is 0 Å². The first-order valence-electron chi connectivity index (χ1n) is 7.08. The maximum atomic E-state index is 5.95. The number of H-pyrrole nitrogens is 1. The number of rotatable bonds is 3. The van der Waals surface area contributed by atoms with Gasteiger partial charge in [-0.2, -0.15) is 5.10 Å². The van der Waals surface area contributed by atoms with Crippen LogP contribution < -0.4 is 5.32 Å². The van der Waals surface area contributed by atoms with Crippen LogP contribution in [0.3, 0.4) is 0 Å². The second kappa shape index (κ2) is 5.55. The molecule has 0 fully saturated rings. The van der Waals surface area contributed by atoms with Crippen molar-refractivity contribution < 1.29 is 4.74 Å². The molecule has 1 aliphatic heterocycles. The minimum Gasteiger partial charge on any atom is -0.376 e. The summed E-state index contributed by atoms with van der Waals surface area (Å²) in [6.45, 7) is 1.95. The molecule has 1 aromatic carbocycles. The maximum Gasteiger partial charge on any atom is 0.145 e. The predicted octanol–water partition coefficient (Wildman–Crippen LogP) is 2.69. The number of ether oxygens (including phenoxy) is 1. The number of fused-ring (bicyclic) bond motifs is 2. The summed E-state index contributed by atoms with van der Waals surface area (Å²) in [4.78, 5) is 8.89. The van der Waals surface area contributed by atoms with Crippen LogP contribution in [0.5, 0.6) is 0 Å². The Bertz CT molecular complexity index is 832. The summed E-state index contributed by atoms with van der Waals surface area (Å²) < 4.78 is 5.49. The van der Waals surface area contributed by atoms with E-state index < -0.39 is 0 Å². The fourth-order valence-electron chi connectivity index (χ4n) is 2.56. The number of halogens is 1. The van der Waals surface area contributed by atoms with Gasteiger partial charge in [0, 0.05) is 22.7 Å². The highest BCUT2D eigenvalue weighted by molar-refractivity contribution is 6.31. The zero-order valence-electron chi connectivity index (χ0n) is 11.8. The number of aromatic nitrogens is 4. The van der Waals surface area contributed by atoms with Gasteiger partial charge in [0.25, 0.3) is 0 Å². The molecule has 6 nitrogen and oxygen atoms in total. The Hall–Kier alpha value is -2.18. The van der Waals surface area contributed by atoms with E-state index in [0.29, 0.717) is 24.0 Å². The molecule has 0 saturated heterocycles. The van der Waals surface area contributed by atoms with E-state index in [1.165, 1.54) is 5.69 Å². The molecule has 22 heavy (non-hydrogen) atoms. The summed E-state index contributed by atoms with van der Waals surface area (Å²) in [5.41, 5.74) is 4.87. The molecule has 112 valence electrons. The number of nitrogens with one attached hydrogen (secondary N) is 2. The van der Waals surface area contributed by atoms with E-state index >= 15 is 0 Å². The van der Waals surface area contributed by atoms with E-state index in [0.717, 1.165) is 35.3 Å². The van der Waals surface area contributed by atoms with Gasteiger partial charge in [0.1, 0.15) is 5.82 Å². The standard InChI is InChI=1S/C15H14ClN5O/c16-9-1-2-12-13(5-9)17-7-15(19-12)18-6-14-10-8-22-4-3-11(10)20-21-14/h1-2,5,7H,3-4,6,8H2,(H,18,19)(H,20,21). The van der Waals surface area contributed by atoms with Crippen LogP contribution in [0.1, 0.15) is 17.0 Å². The Morgan fingerprint density at radius 3 is 3.23 bits per heavy atom. The molecular weight excluding hydrogens is 302 g/mol. The van der Waals surface area contributed by atoms with Crippen molar-refractivity contribution in [2.45, 2.75) is 19.6 Å². The number of hydrogen-bond donors (Lipinski definition) is 2. The molecule has 0 aliphatic carbocycles. The Labute approximate surface area is 131 Å². The van der Waals surface area contributed by atoms with Gasteiger partial charge < -0.3 is 10.1 Å². The van der Waals surface area contributed by atoms with Gasteiger partial charge in [0.15, 0.2) is 0 Å². The topological polar surface area (TPSA) is 75.7 Å². The van der Waals surface area contributed by atoms with Crippen LogP contribution in [0.15, 0.2) is 24.4 Å². The van der Waals surface area contributed by atoms with Gasteiger partial charge in [-0.25, -0.2) is 4.98 Å². The minimum atomic E-state index is 0.586. The third kappa shape index (κ3) is 2.51. The van der Waals surface area contributed by atoms with Crippen molar-refractivity contribution in [2.24, 2.45) is 0 Å². The first kappa shape index (κ1) is 13.5. The van der Waals surface area contributed by atoms with Crippen molar-refractivity contribution in [3.05, 3.63) is 46.4 Å². The van der Waals surface area contributed by atoms with Crippen LogP contribution in [-0.2, 0) is 24.3 Å². The number of benzene rings is 1. The highest BCUT2D eigenvalue weighted by Gasteiger charge is 2.17. The van der Waals surface area contributed by atoms with E-state index in [1.807, 2.05) is 12.1 Å². The first-order valence-corrected chi connectivity index (χ1v) is 7.46. The van der Waals surface area contributed by atoms with Crippen LogP contribution in [0.4, 0.5) is 5.82 Å². The molecule has 0 amide bonds. The zero-order valence-corrected chi connectivity index (χ0v) is 12.5. The second-order valence-corrected chi connectivity index (χ2v) is 5.61. The lowest BCUT2D eigenvalue weighted by atomic mass is 10.1. The summed E-state index contributed by atoms with van der Waals surface area (Å²) in [7, 11) is 0. The fourth-order valence-corrected chi connectivity index (χ4v) is 2.73. The molecule has 0 spiro atoms. The fraction of sp³-hybridized carbons (Fsp3) is 0.267. The average Bonchev–Trinajstić information content (AvgIpc) is 2.96. The summed E-state index contributed by atoms with van der Waals surface area (Å²) in [5, 5.41) is 11.3. The quantitative estimate of drug-likeness (QED) is 0.777. The minimum absolute atomic E-state index is 0.586. The average molecular weight is 316 g/mol. The Morgan fingerprint density at radius 1 is 1.32 bits per heavy atom. The van der Waals surface area contributed by atoms with E-state index in [9.17, 15) is 0 Å². The number of hydrogen-bond acceptors (Lipinski definition) is 5. The number of anilines is 1. The molecule has 4 rings (SSSR count). The van der Waals surface area contributed by atoms with Crippen LogP contribution in [0.25, 0.3) is 11.0 Å². The van der Waals surface area contributed by atoms with Gasteiger partial charge >= 0.3 is 0 Å². The van der Waals surface area contributed by atoms with Gasteiger partial charge in [0.2, 0.25) is 0 Å². The lowest BCUT2D eigenvalue weighted by Crippen LogP contribution is -2.11. The molecule has 2 aromatic heterocycles. The van der Waals surface area contributed by atoms with Crippen molar-refractivity contribution in [2.75, 3.05) is 11.9 Å². The monoisotopic (exact) mass is 315 g/mol. The molecule has 0 unspecified atom stereocenters. The Morgan fingerprint density at radius 2 is 2.27 bits per heavy atom. The zero-order chi connectivity index (χ0) is 14.9. The predicted molar refractivity (Wildman–Crippen MR) is 83.8 cm³/mol. The molecule has 3 heterocycles. The van der Waals surface area contributed by atoms with Crippen LogP contribution in [0, 0.1) is 0 Å². The SMILES string of the molecule is Clc1ccc2nc(NCc3n[nH]c4c3COCC4)cnc2c1. The van der Waals surface area contributed by atoms with Crippen LogP contribution >= 0.6 is 11.6 Å². The normalized spacial score (nSPS) is 14.0. The van der Waals surface area contributed by atoms with E-state index in [1.54, 1.807) is 12.3 Å². The largest absolute Gasteiger partial charge is 0.376 e. The lowest BCUT2D eigenvalue weighted by molar-refractivity contribution is 0.109. The van der Waals surface area contributed by atoms with Crippen molar-refractivity contribution in [3.8, 4) is 0 Å². The maximum absolute atomic E-state index is 5.95.